The second kappa shape index (κ2) is 6.04. The van der Waals surface area contributed by atoms with Crippen molar-refractivity contribution in [2.75, 3.05) is 6.54 Å². The Morgan fingerprint density at radius 2 is 2.00 bits per heavy atom. The summed E-state index contributed by atoms with van der Waals surface area (Å²) in [6, 6.07) is -1.58. The molecule has 1 saturated heterocycles. The van der Waals surface area contributed by atoms with Crippen LogP contribution in [-0.2, 0) is 4.79 Å². The van der Waals surface area contributed by atoms with Crippen LogP contribution in [0.1, 0.15) is 33.6 Å². The molecule has 4 atom stereocenters. The fourth-order valence-electron chi connectivity index (χ4n) is 2.31. The minimum absolute atomic E-state index is 0.0946. The largest absolute Gasteiger partial charge is 0.480 e. The first-order valence-electron chi connectivity index (χ1n) is 6.31. The van der Waals surface area contributed by atoms with Crippen LogP contribution in [-0.4, -0.2) is 51.8 Å². The monoisotopic (exact) mass is 258 g/mol. The Morgan fingerprint density at radius 3 is 2.44 bits per heavy atom. The number of aliphatic hydroxyl groups excluding tert-OH is 1. The van der Waals surface area contributed by atoms with Crippen molar-refractivity contribution in [2.24, 2.45) is 5.92 Å². The highest BCUT2D eigenvalue weighted by molar-refractivity contribution is 5.83. The highest BCUT2D eigenvalue weighted by Gasteiger charge is 2.31. The third-order valence-electron chi connectivity index (χ3n) is 3.43. The molecule has 2 amide bonds. The van der Waals surface area contributed by atoms with Gasteiger partial charge in [0, 0.05) is 12.6 Å². The third kappa shape index (κ3) is 3.60. The molecular formula is C12H22N2O4. The Balaban J connectivity index is 2.61. The number of hydrogen-bond acceptors (Lipinski definition) is 3. The highest BCUT2D eigenvalue weighted by atomic mass is 16.4. The molecule has 1 aliphatic rings. The SMILES string of the molecule is CC1CCN(C(=O)NC(C(=O)O)C(C)O)C(C)C1. The number of nitrogens with one attached hydrogen (secondary N) is 1. The minimum Gasteiger partial charge on any atom is -0.480 e. The van der Waals surface area contributed by atoms with Gasteiger partial charge in [-0.25, -0.2) is 9.59 Å². The predicted octanol–water partition coefficient (Wildman–Crippen LogP) is 0.650. The van der Waals surface area contributed by atoms with Crippen molar-refractivity contribution < 1.29 is 19.8 Å². The van der Waals surface area contributed by atoms with Crippen molar-refractivity contribution in [3.63, 3.8) is 0 Å². The van der Waals surface area contributed by atoms with Crippen LogP contribution >= 0.6 is 0 Å². The number of hydrogen-bond donors (Lipinski definition) is 3. The van der Waals surface area contributed by atoms with E-state index in [0.29, 0.717) is 12.5 Å². The number of aliphatic carboxylic acids is 1. The van der Waals surface area contributed by atoms with Crippen molar-refractivity contribution in [3.05, 3.63) is 0 Å². The van der Waals surface area contributed by atoms with E-state index in [-0.39, 0.29) is 6.04 Å². The fourth-order valence-corrected chi connectivity index (χ4v) is 2.31. The normalized spacial score (nSPS) is 27.4. The molecule has 4 unspecified atom stereocenters. The number of nitrogens with zero attached hydrogens (tertiary/aromatic N) is 1. The lowest BCUT2D eigenvalue weighted by atomic mass is 9.94. The van der Waals surface area contributed by atoms with Crippen LogP contribution in [0, 0.1) is 5.92 Å². The fraction of sp³-hybridized carbons (Fsp3) is 0.833. The van der Waals surface area contributed by atoms with Crippen LogP contribution < -0.4 is 5.32 Å². The Bertz CT molecular complexity index is 319. The molecule has 6 nitrogen and oxygen atoms in total. The van der Waals surface area contributed by atoms with Crippen molar-refractivity contribution in [1.29, 1.82) is 0 Å². The maximum absolute atomic E-state index is 12.0. The van der Waals surface area contributed by atoms with Crippen LogP contribution in [0.15, 0.2) is 0 Å². The summed E-state index contributed by atoms with van der Waals surface area (Å²) in [6.45, 7) is 6.07. The number of rotatable bonds is 3. The van der Waals surface area contributed by atoms with E-state index in [4.69, 9.17) is 5.11 Å². The summed E-state index contributed by atoms with van der Waals surface area (Å²) in [7, 11) is 0. The molecule has 1 heterocycles. The Kier molecular flexibility index (Phi) is 4.95. The Morgan fingerprint density at radius 1 is 1.39 bits per heavy atom. The third-order valence-corrected chi connectivity index (χ3v) is 3.43. The van der Waals surface area contributed by atoms with E-state index in [1.165, 1.54) is 6.92 Å². The molecule has 0 saturated carbocycles. The topological polar surface area (TPSA) is 89.9 Å². The summed E-state index contributed by atoms with van der Waals surface area (Å²) in [4.78, 5) is 24.5. The van der Waals surface area contributed by atoms with Gasteiger partial charge in [0.25, 0.3) is 0 Å². The zero-order valence-corrected chi connectivity index (χ0v) is 11.1. The molecule has 0 aliphatic carbocycles. The van der Waals surface area contributed by atoms with Gasteiger partial charge in [-0.3, -0.25) is 0 Å². The standard InChI is InChI=1S/C12H22N2O4/c1-7-4-5-14(8(2)6-7)12(18)13-10(9(3)15)11(16)17/h7-10,15H,4-6H2,1-3H3,(H,13,18)(H,16,17). The van der Waals surface area contributed by atoms with Crippen molar-refractivity contribution >= 4 is 12.0 Å². The van der Waals surface area contributed by atoms with E-state index in [2.05, 4.69) is 12.2 Å². The first kappa shape index (κ1) is 14.8. The van der Waals surface area contributed by atoms with Crippen LogP contribution in [0.4, 0.5) is 4.79 Å². The number of aliphatic hydroxyl groups is 1. The number of likely N-dealkylation sites (tertiary alicyclic amines) is 1. The Hall–Kier alpha value is -1.30. The maximum atomic E-state index is 12.0. The number of amides is 2. The molecule has 18 heavy (non-hydrogen) atoms. The van der Waals surface area contributed by atoms with E-state index in [9.17, 15) is 14.7 Å². The zero-order valence-electron chi connectivity index (χ0n) is 11.1. The molecule has 0 aromatic heterocycles. The first-order valence-corrected chi connectivity index (χ1v) is 6.31. The summed E-state index contributed by atoms with van der Waals surface area (Å²) in [5.74, 6) is -0.646. The van der Waals surface area contributed by atoms with E-state index >= 15 is 0 Å². The second-order valence-corrected chi connectivity index (χ2v) is 5.18. The number of urea groups is 1. The van der Waals surface area contributed by atoms with E-state index in [1.807, 2.05) is 6.92 Å². The quantitative estimate of drug-likeness (QED) is 0.693. The number of carboxylic acid groups (broad SMARTS) is 1. The Labute approximate surface area is 107 Å². The van der Waals surface area contributed by atoms with Crippen molar-refractivity contribution in [1.82, 2.24) is 10.2 Å². The van der Waals surface area contributed by atoms with Crippen LogP contribution in [0.25, 0.3) is 0 Å². The van der Waals surface area contributed by atoms with Crippen LogP contribution in [0.3, 0.4) is 0 Å². The summed E-state index contributed by atoms with van der Waals surface area (Å²) in [5.41, 5.74) is 0. The highest BCUT2D eigenvalue weighted by Crippen LogP contribution is 2.22. The lowest BCUT2D eigenvalue weighted by molar-refractivity contribution is -0.141. The molecule has 0 bridgehead atoms. The number of carbonyl (C=O) groups excluding carboxylic acids is 1. The molecule has 1 rings (SSSR count). The molecule has 0 aromatic carbocycles. The van der Waals surface area contributed by atoms with Gasteiger partial charge >= 0.3 is 12.0 Å². The van der Waals surface area contributed by atoms with Gasteiger partial charge in [0.2, 0.25) is 0 Å². The van der Waals surface area contributed by atoms with E-state index in [0.717, 1.165) is 12.8 Å². The molecule has 3 N–H and O–H groups in total. The van der Waals surface area contributed by atoms with Gasteiger partial charge in [0.05, 0.1) is 6.10 Å². The first-order chi connectivity index (χ1) is 8.32. The molecule has 0 spiro atoms. The molecular weight excluding hydrogens is 236 g/mol. The minimum atomic E-state index is -1.26. The molecule has 0 radical (unpaired) electrons. The van der Waals surface area contributed by atoms with Crippen LogP contribution in [0.5, 0.6) is 0 Å². The average Bonchev–Trinajstić information content (AvgIpc) is 2.24. The van der Waals surface area contributed by atoms with Crippen molar-refractivity contribution in [2.45, 2.75) is 51.8 Å². The summed E-state index contributed by atoms with van der Waals surface area (Å²) >= 11 is 0. The lowest BCUT2D eigenvalue weighted by Gasteiger charge is -2.37. The summed E-state index contributed by atoms with van der Waals surface area (Å²) in [6.07, 6.45) is 0.717. The van der Waals surface area contributed by atoms with Crippen molar-refractivity contribution in [3.8, 4) is 0 Å². The summed E-state index contributed by atoms with van der Waals surface area (Å²) in [5, 5.41) is 20.6. The van der Waals surface area contributed by atoms with Gasteiger partial charge < -0.3 is 20.4 Å². The van der Waals surface area contributed by atoms with E-state index in [1.54, 1.807) is 4.90 Å². The van der Waals surface area contributed by atoms with Crippen LogP contribution in [0.2, 0.25) is 0 Å². The van der Waals surface area contributed by atoms with Gasteiger partial charge in [-0.05, 0) is 32.6 Å². The average molecular weight is 258 g/mol. The second-order valence-electron chi connectivity index (χ2n) is 5.18. The smallest absolute Gasteiger partial charge is 0.328 e. The number of carbonyl (C=O) groups is 2. The molecule has 6 heteroatoms. The summed E-state index contributed by atoms with van der Waals surface area (Å²) < 4.78 is 0. The van der Waals surface area contributed by atoms with E-state index < -0.39 is 24.1 Å². The van der Waals surface area contributed by atoms with Gasteiger partial charge in [-0.1, -0.05) is 6.92 Å². The number of piperidine rings is 1. The molecule has 1 aliphatic heterocycles. The lowest BCUT2D eigenvalue weighted by Crippen LogP contribution is -2.55. The number of carboxylic acids is 1. The maximum Gasteiger partial charge on any atom is 0.328 e. The zero-order chi connectivity index (χ0) is 13.9. The van der Waals surface area contributed by atoms with Gasteiger partial charge in [0.1, 0.15) is 0 Å². The molecule has 1 fully saturated rings. The molecule has 0 aromatic rings. The molecule has 104 valence electrons. The predicted molar refractivity (Wildman–Crippen MR) is 66.2 cm³/mol. The van der Waals surface area contributed by atoms with Gasteiger partial charge in [0.15, 0.2) is 6.04 Å². The van der Waals surface area contributed by atoms with Gasteiger partial charge in [-0.2, -0.15) is 0 Å². The van der Waals surface area contributed by atoms with Gasteiger partial charge in [-0.15, -0.1) is 0 Å².